The molecular weight excluding hydrogens is 434 g/mol. The topological polar surface area (TPSA) is 103 Å². The van der Waals surface area contributed by atoms with Crippen molar-refractivity contribution in [3.8, 4) is 11.5 Å². The van der Waals surface area contributed by atoms with Gasteiger partial charge in [-0.15, -0.1) is 0 Å². The van der Waals surface area contributed by atoms with Crippen molar-refractivity contribution in [1.29, 1.82) is 0 Å². The average molecular weight is 458 g/mol. The van der Waals surface area contributed by atoms with Crippen molar-refractivity contribution < 1.29 is 23.9 Å². The number of methoxy groups -OCH3 is 2. The second kappa shape index (κ2) is 10.7. The molecule has 0 aromatic heterocycles. The smallest absolute Gasteiger partial charge is 0.310 e. The van der Waals surface area contributed by atoms with Crippen molar-refractivity contribution in [3.05, 3.63) is 69.4 Å². The number of nitro groups is 1. The molecule has 0 bridgehead atoms. The number of nitrogens with one attached hydrogen (secondary N) is 1. The second-order valence-electron chi connectivity index (χ2n) is 6.88. The van der Waals surface area contributed by atoms with Gasteiger partial charge in [0.2, 0.25) is 0 Å². The van der Waals surface area contributed by atoms with E-state index in [2.05, 4.69) is 5.32 Å². The van der Waals surface area contributed by atoms with Gasteiger partial charge >= 0.3 is 5.69 Å². The normalized spacial score (nSPS) is 14.6. The number of thiocarbonyl (C=S) groups is 1. The zero-order valence-electron chi connectivity index (χ0n) is 17.7. The number of carbonyl (C=O) groups excluding carboxylic acids is 1. The molecule has 1 N–H and O–H groups in total. The van der Waals surface area contributed by atoms with Crippen molar-refractivity contribution >= 4 is 35.0 Å². The SMILES string of the molecule is COCCCN1C(=O)/C(=C\c2ccc(OC)c(COc3ccccc3[N+](=O)[O-])c2)NC1=S. The lowest BCUT2D eigenvalue weighted by atomic mass is 10.1. The van der Waals surface area contributed by atoms with Crippen LogP contribution in [0, 0.1) is 10.1 Å². The zero-order valence-corrected chi connectivity index (χ0v) is 18.5. The third kappa shape index (κ3) is 5.40. The predicted octanol–water partition coefficient (Wildman–Crippen LogP) is 3.28. The number of hydrogen-bond donors (Lipinski definition) is 1. The molecular formula is C22H23N3O6S. The van der Waals surface area contributed by atoms with E-state index in [1.54, 1.807) is 43.5 Å². The molecule has 1 amide bonds. The van der Waals surface area contributed by atoms with E-state index in [9.17, 15) is 14.9 Å². The number of nitrogens with zero attached hydrogens (tertiary/aromatic N) is 2. The van der Waals surface area contributed by atoms with E-state index in [0.717, 1.165) is 5.56 Å². The van der Waals surface area contributed by atoms with Crippen molar-refractivity contribution in [2.24, 2.45) is 0 Å². The Labute approximate surface area is 190 Å². The van der Waals surface area contributed by atoms with E-state index in [0.29, 0.717) is 41.7 Å². The van der Waals surface area contributed by atoms with E-state index < -0.39 is 4.92 Å². The molecule has 32 heavy (non-hydrogen) atoms. The Balaban J connectivity index is 1.79. The van der Waals surface area contributed by atoms with Gasteiger partial charge in [0.25, 0.3) is 5.91 Å². The summed E-state index contributed by atoms with van der Waals surface area (Å²) in [5.41, 5.74) is 1.64. The Morgan fingerprint density at radius 2 is 1.97 bits per heavy atom. The van der Waals surface area contributed by atoms with Crippen LogP contribution in [-0.4, -0.2) is 48.2 Å². The average Bonchev–Trinajstić information content (AvgIpc) is 3.05. The molecule has 1 saturated heterocycles. The molecule has 2 aromatic carbocycles. The summed E-state index contributed by atoms with van der Waals surface area (Å²) in [6, 6.07) is 11.5. The number of hydrogen-bond acceptors (Lipinski definition) is 7. The van der Waals surface area contributed by atoms with Crippen LogP contribution in [-0.2, 0) is 16.1 Å². The van der Waals surface area contributed by atoms with Gasteiger partial charge in [-0.3, -0.25) is 19.8 Å². The van der Waals surface area contributed by atoms with Crippen LogP contribution in [0.5, 0.6) is 11.5 Å². The van der Waals surface area contributed by atoms with Gasteiger partial charge in [-0.1, -0.05) is 18.2 Å². The van der Waals surface area contributed by atoms with Gasteiger partial charge < -0.3 is 19.5 Å². The summed E-state index contributed by atoms with van der Waals surface area (Å²) in [6.07, 6.45) is 2.37. The van der Waals surface area contributed by atoms with Crippen LogP contribution in [0.2, 0.25) is 0 Å². The quantitative estimate of drug-likeness (QED) is 0.191. The monoisotopic (exact) mass is 457 g/mol. The minimum absolute atomic E-state index is 0.0496. The van der Waals surface area contributed by atoms with E-state index in [1.165, 1.54) is 24.1 Å². The van der Waals surface area contributed by atoms with Crippen molar-refractivity contribution in [1.82, 2.24) is 10.2 Å². The lowest BCUT2D eigenvalue weighted by Crippen LogP contribution is -2.32. The highest BCUT2D eigenvalue weighted by Crippen LogP contribution is 2.29. The minimum Gasteiger partial charge on any atom is -0.496 e. The van der Waals surface area contributed by atoms with Gasteiger partial charge in [-0.25, -0.2) is 0 Å². The fraction of sp³-hybridized carbons (Fsp3) is 0.273. The molecule has 0 spiro atoms. The van der Waals surface area contributed by atoms with E-state index in [-0.39, 0.29) is 24.0 Å². The van der Waals surface area contributed by atoms with Gasteiger partial charge in [0.15, 0.2) is 10.9 Å². The lowest BCUT2D eigenvalue weighted by molar-refractivity contribution is -0.385. The van der Waals surface area contributed by atoms with Crippen LogP contribution >= 0.6 is 12.2 Å². The molecule has 168 valence electrons. The fourth-order valence-corrected chi connectivity index (χ4v) is 3.48. The molecule has 0 unspecified atom stereocenters. The highest BCUT2D eigenvalue weighted by molar-refractivity contribution is 7.80. The summed E-state index contributed by atoms with van der Waals surface area (Å²) in [7, 11) is 3.13. The molecule has 0 radical (unpaired) electrons. The molecule has 1 heterocycles. The maximum absolute atomic E-state index is 12.7. The summed E-state index contributed by atoms with van der Waals surface area (Å²) in [6.45, 7) is 1.05. The molecule has 10 heteroatoms. The standard InChI is InChI=1S/C22H23N3O6S/c1-29-11-5-10-24-21(26)17(23-22(24)32)13-15-8-9-19(30-2)16(12-15)14-31-20-7-4-3-6-18(20)25(27)28/h3-4,6-9,12-13H,5,10-11,14H2,1-2H3,(H,23,32)/b17-13+. The van der Waals surface area contributed by atoms with Crippen LogP contribution in [0.4, 0.5) is 5.69 Å². The molecule has 2 aromatic rings. The van der Waals surface area contributed by atoms with Crippen molar-refractivity contribution in [2.75, 3.05) is 27.4 Å². The molecule has 1 aliphatic rings. The molecule has 0 atom stereocenters. The summed E-state index contributed by atoms with van der Waals surface area (Å²) in [4.78, 5) is 24.9. The van der Waals surface area contributed by atoms with E-state index in [4.69, 9.17) is 26.4 Å². The molecule has 9 nitrogen and oxygen atoms in total. The Morgan fingerprint density at radius 1 is 1.19 bits per heavy atom. The summed E-state index contributed by atoms with van der Waals surface area (Å²) < 4.78 is 16.1. The maximum Gasteiger partial charge on any atom is 0.310 e. The van der Waals surface area contributed by atoms with Gasteiger partial charge in [-0.05, 0) is 48.5 Å². The second-order valence-corrected chi connectivity index (χ2v) is 7.26. The largest absolute Gasteiger partial charge is 0.496 e. The fourth-order valence-electron chi connectivity index (χ4n) is 3.19. The molecule has 1 fully saturated rings. The highest BCUT2D eigenvalue weighted by Gasteiger charge is 2.30. The summed E-state index contributed by atoms with van der Waals surface area (Å²) >= 11 is 5.27. The van der Waals surface area contributed by atoms with Crippen LogP contribution in [0.25, 0.3) is 6.08 Å². The Kier molecular flexibility index (Phi) is 7.74. The third-order valence-electron chi connectivity index (χ3n) is 4.75. The van der Waals surface area contributed by atoms with Crippen molar-refractivity contribution in [3.63, 3.8) is 0 Å². The Hall–Kier alpha value is -3.50. The first-order valence-electron chi connectivity index (χ1n) is 9.81. The summed E-state index contributed by atoms with van der Waals surface area (Å²) in [5.74, 6) is 0.515. The number of amides is 1. The van der Waals surface area contributed by atoms with E-state index in [1.807, 2.05) is 0 Å². The Bertz CT molecular complexity index is 1060. The van der Waals surface area contributed by atoms with Crippen LogP contribution in [0.15, 0.2) is 48.2 Å². The zero-order chi connectivity index (χ0) is 23.1. The first-order chi connectivity index (χ1) is 15.4. The van der Waals surface area contributed by atoms with Crippen LogP contribution < -0.4 is 14.8 Å². The maximum atomic E-state index is 12.7. The highest BCUT2D eigenvalue weighted by atomic mass is 32.1. The first kappa shape index (κ1) is 23.2. The van der Waals surface area contributed by atoms with Gasteiger partial charge in [0.1, 0.15) is 18.1 Å². The first-order valence-corrected chi connectivity index (χ1v) is 10.2. The minimum atomic E-state index is -0.494. The number of para-hydroxylation sites is 2. The number of carbonyl (C=O) groups is 1. The van der Waals surface area contributed by atoms with Gasteiger partial charge in [0, 0.05) is 31.9 Å². The van der Waals surface area contributed by atoms with Crippen molar-refractivity contribution in [2.45, 2.75) is 13.0 Å². The lowest BCUT2D eigenvalue weighted by Gasteiger charge is -2.13. The number of benzene rings is 2. The number of nitro benzene ring substituents is 1. The van der Waals surface area contributed by atoms with E-state index >= 15 is 0 Å². The predicted molar refractivity (Wildman–Crippen MR) is 122 cm³/mol. The number of ether oxygens (including phenoxy) is 3. The van der Waals surface area contributed by atoms with Crippen LogP contribution in [0.1, 0.15) is 17.5 Å². The molecule has 1 aliphatic heterocycles. The summed E-state index contributed by atoms with van der Waals surface area (Å²) in [5, 5.41) is 14.5. The molecule has 0 saturated carbocycles. The number of rotatable bonds is 10. The Morgan fingerprint density at radius 3 is 2.69 bits per heavy atom. The van der Waals surface area contributed by atoms with Gasteiger partial charge in [-0.2, -0.15) is 0 Å². The van der Waals surface area contributed by atoms with Crippen LogP contribution in [0.3, 0.4) is 0 Å². The molecule has 3 rings (SSSR count). The van der Waals surface area contributed by atoms with Gasteiger partial charge in [0.05, 0.1) is 12.0 Å². The molecule has 0 aliphatic carbocycles. The third-order valence-corrected chi connectivity index (χ3v) is 5.08.